The molecule has 1 atom stereocenters. The summed E-state index contributed by atoms with van der Waals surface area (Å²) in [6.07, 6.45) is 2.59. The van der Waals surface area contributed by atoms with Crippen LogP contribution in [-0.4, -0.2) is 38.1 Å². The lowest BCUT2D eigenvalue weighted by atomic mass is 9.97. The van der Waals surface area contributed by atoms with Gasteiger partial charge in [-0.2, -0.15) is 0 Å². The Morgan fingerprint density at radius 3 is 2.79 bits per heavy atom. The van der Waals surface area contributed by atoms with Crippen LogP contribution in [-0.2, 0) is 17.9 Å². The topological polar surface area (TPSA) is 36.9 Å². The van der Waals surface area contributed by atoms with Crippen LogP contribution in [0.4, 0.5) is 0 Å². The van der Waals surface area contributed by atoms with Crippen molar-refractivity contribution in [1.82, 2.24) is 10.2 Å². The summed E-state index contributed by atoms with van der Waals surface area (Å²) in [5.41, 5.74) is 2.47. The maximum atomic E-state index is 5.20. The number of methoxy groups -OCH3 is 1. The molecule has 1 fully saturated rings. The van der Waals surface area contributed by atoms with Crippen molar-refractivity contribution in [3.63, 3.8) is 0 Å². The van der Waals surface area contributed by atoms with Crippen LogP contribution in [0.15, 0.2) is 29.3 Å². The minimum Gasteiger partial charge on any atom is -0.380 e. The number of hydrogen-bond acceptors (Lipinski definition) is 2. The van der Waals surface area contributed by atoms with Crippen LogP contribution in [0.25, 0.3) is 0 Å². The Morgan fingerprint density at radius 2 is 2.12 bits per heavy atom. The molecule has 1 aromatic carbocycles. The highest BCUT2D eigenvalue weighted by molar-refractivity contribution is 14.0. The molecule has 1 saturated heterocycles. The molecule has 1 aromatic rings. The van der Waals surface area contributed by atoms with E-state index in [-0.39, 0.29) is 24.0 Å². The third-order valence-electron chi connectivity index (χ3n) is 4.35. The van der Waals surface area contributed by atoms with Crippen LogP contribution in [0.5, 0.6) is 0 Å². The van der Waals surface area contributed by atoms with Gasteiger partial charge in [-0.05, 0) is 35.8 Å². The monoisotopic (exact) mass is 445 g/mol. The number of hydrogen-bond donors (Lipinski definition) is 1. The highest BCUT2D eigenvalue weighted by Gasteiger charge is 2.25. The first-order valence-electron chi connectivity index (χ1n) is 8.64. The molecule has 1 heterocycles. The molecule has 24 heavy (non-hydrogen) atoms. The molecule has 0 aromatic heterocycles. The smallest absolute Gasteiger partial charge is 0.193 e. The molecule has 0 amide bonds. The van der Waals surface area contributed by atoms with Crippen molar-refractivity contribution in [2.45, 2.75) is 39.8 Å². The number of aliphatic imine (C=N–C) groups is 1. The largest absolute Gasteiger partial charge is 0.380 e. The van der Waals surface area contributed by atoms with Gasteiger partial charge < -0.3 is 15.0 Å². The molecule has 136 valence electrons. The molecule has 2 rings (SSSR count). The van der Waals surface area contributed by atoms with E-state index in [2.05, 4.69) is 53.3 Å². The van der Waals surface area contributed by atoms with Crippen LogP contribution in [0.2, 0.25) is 0 Å². The number of guanidine groups is 1. The van der Waals surface area contributed by atoms with Crippen molar-refractivity contribution >= 4 is 29.9 Å². The summed E-state index contributed by atoms with van der Waals surface area (Å²) in [6.45, 7) is 8.31. The molecule has 0 bridgehead atoms. The van der Waals surface area contributed by atoms with Gasteiger partial charge in [-0.25, -0.2) is 0 Å². The second-order valence-electron chi connectivity index (χ2n) is 6.88. The van der Waals surface area contributed by atoms with Gasteiger partial charge >= 0.3 is 0 Å². The van der Waals surface area contributed by atoms with Crippen molar-refractivity contribution < 1.29 is 4.74 Å². The molecule has 1 unspecified atom stereocenters. The minimum atomic E-state index is 0. The van der Waals surface area contributed by atoms with E-state index in [1.165, 1.54) is 24.0 Å². The van der Waals surface area contributed by atoms with E-state index >= 15 is 0 Å². The van der Waals surface area contributed by atoms with E-state index in [9.17, 15) is 0 Å². The lowest BCUT2D eigenvalue weighted by molar-refractivity contribution is 0.185. The highest BCUT2D eigenvalue weighted by atomic mass is 127. The third kappa shape index (κ3) is 6.59. The second-order valence-corrected chi connectivity index (χ2v) is 6.88. The molecule has 1 aliphatic heterocycles. The fourth-order valence-electron chi connectivity index (χ4n) is 3.39. The van der Waals surface area contributed by atoms with Crippen molar-refractivity contribution in [3.8, 4) is 0 Å². The lowest BCUT2D eigenvalue weighted by Gasteiger charge is -2.22. The van der Waals surface area contributed by atoms with Crippen LogP contribution >= 0.6 is 24.0 Å². The molecular weight excluding hydrogens is 413 g/mol. The number of nitrogens with zero attached hydrogens (tertiary/aromatic N) is 2. The third-order valence-corrected chi connectivity index (χ3v) is 4.35. The first-order chi connectivity index (χ1) is 11.1. The van der Waals surface area contributed by atoms with Gasteiger partial charge in [0, 0.05) is 33.8 Å². The van der Waals surface area contributed by atoms with Gasteiger partial charge in [0.25, 0.3) is 0 Å². The molecular formula is C19H32IN3O. The number of benzene rings is 1. The maximum Gasteiger partial charge on any atom is 0.193 e. The van der Waals surface area contributed by atoms with Crippen molar-refractivity contribution in [2.24, 2.45) is 16.8 Å². The number of halogens is 1. The fraction of sp³-hybridized carbons (Fsp3) is 0.632. The van der Waals surface area contributed by atoms with Crippen LogP contribution < -0.4 is 5.32 Å². The summed E-state index contributed by atoms with van der Waals surface area (Å²) in [7, 11) is 3.60. The van der Waals surface area contributed by atoms with E-state index in [0.29, 0.717) is 6.61 Å². The Morgan fingerprint density at radius 1 is 1.38 bits per heavy atom. The first-order valence-corrected chi connectivity index (χ1v) is 8.64. The van der Waals surface area contributed by atoms with Gasteiger partial charge in [0.2, 0.25) is 0 Å². The van der Waals surface area contributed by atoms with Crippen molar-refractivity contribution in [2.75, 3.05) is 27.2 Å². The predicted molar refractivity (Wildman–Crippen MR) is 112 cm³/mol. The quantitative estimate of drug-likeness (QED) is 0.410. The Bertz CT molecular complexity index is 519. The van der Waals surface area contributed by atoms with Crippen molar-refractivity contribution in [1.29, 1.82) is 0 Å². The standard InChI is InChI=1S/C19H31N3O.HI/c1-15(2)10-17-8-9-22(13-17)19(20-3)21-12-16-6-5-7-18(11-16)14-23-4;/h5-7,11,15,17H,8-10,12-14H2,1-4H3,(H,20,21);1H. The molecule has 0 saturated carbocycles. The minimum absolute atomic E-state index is 0. The number of nitrogens with one attached hydrogen (secondary N) is 1. The summed E-state index contributed by atoms with van der Waals surface area (Å²) in [4.78, 5) is 6.86. The molecule has 0 radical (unpaired) electrons. The van der Waals surface area contributed by atoms with E-state index in [0.717, 1.165) is 37.4 Å². The number of rotatable bonds is 6. The van der Waals surface area contributed by atoms with Gasteiger partial charge in [-0.3, -0.25) is 4.99 Å². The normalized spacial score (nSPS) is 18.0. The molecule has 1 N–H and O–H groups in total. The summed E-state index contributed by atoms with van der Waals surface area (Å²) in [6, 6.07) is 8.52. The fourth-order valence-corrected chi connectivity index (χ4v) is 3.39. The Hall–Kier alpha value is -0.820. The SMILES string of the molecule is CN=C(NCc1cccc(COC)c1)N1CCC(CC(C)C)C1.I. The van der Waals surface area contributed by atoms with Gasteiger partial charge in [0.1, 0.15) is 0 Å². The Labute approximate surface area is 164 Å². The van der Waals surface area contributed by atoms with Gasteiger partial charge in [0.05, 0.1) is 6.61 Å². The predicted octanol–water partition coefficient (Wildman–Crippen LogP) is 3.89. The molecule has 0 spiro atoms. The summed E-state index contributed by atoms with van der Waals surface area (Å²) in [5, 5.41) is 3.51. The average Bonchev–Trinajstić information content (AvgIpc) is 2.96. The van der Waals surface area contributed by atoms with Crippen molar-refractivity contribution in [3.05, 3.63) is 35.4 Å². The Kier molecular flexibility index (Phi) is 9.66. The Balaban J connectivity index is 0.00000288. The zero-order valence-corrected chi connectivity index (χ0v) is 17.7. The maximum absolute atomic E-state index is 5.20. The summed E-state index contributed by atoms with van der Waals surface area (Å²) < 4.78 is 5.20. The number of ether oxygens (including phenoxy) is 1. The number of likely N-dealkylation sites (tertiary alicyclic amines) is 1. The molecule has 1 aliphatic rings. The average molecular weight is 445 g/mol. The van der Waals surface area contributed by atoms with E-state index in [1.807, 2.05) is 7.05 Å². The van der Waals surface area contributed by atoms with Gasteiger partial charge in [-0.1, -0.05) is 38.1 Å². The lowest BCUT2D eigenvalue weighted by Crippen LogP contribution is -2.39. The molecule has 5 heteroatoms. The van der Waals surface area contributed by atoms with E-state index in [4.69, 9.17) is 4.74 Å². The second kappa shape index (κ2) is 10.9. The van der Waals surface area contributed by atoms with Crippen LogP contribution in [0.3, 0.4) is 0 Å². The summed E-state index contributed by atoms with van der Waals surface area (Å²) in [5.74, 6) is 2.60. The zero-order valence-electron chi connectivity index (χ0n) is 15.4. The zero-order chi connectivity index (χ0) is 16.7. The summed E-state index contributed by atoms with van der Waals surface area (Å²) >= 11 is 0. The van der Waals surface area contributed by atoms with E-state index in [1.54, 1.807) is 7.11 Å². The molecule has 0 aliphatic carbocycles. The highest BCUT2D eigenvalue weighted by Crippen LogP contribution is 2.23. The van der Waals surface area contributed by atoms with Crippen LogP contribution in [0, 0.1) is 11.8 Å². The van der Waals surface area contributed by atoms with Crippen LogP contribution in [0.1, 0.15) is 37.8 Å². The van der Waals surface area contributed by atoms with E-state index < -0.39 is 0 Å². The first kappa shape index (κ1) is 21.2. The van der Waals surface area contributed by atoms with Gasteiger partial charge in [0.15, 0.2) is 5.96 Å². The molecule has 4 nitrogen and oxygen atoms in total. The van der Waals surface area contributed by atoms with Gasteiger partial charge in [-0.15, -0.1) is 24.0 Å².